The van der Waals surface area contributed by atoms with Crippen LogP contribution in [0.1, 0.15) is 25.5 Å². The fourth-order valence-electron chi connectivity index (χ4n) is 2.06. The maximum absolute atomic E-state index is 12.1. The lowest BCUT2D eigenvalue weighted by Gasteiger charge is -2.10. The molecule has 0 atom stereocenters. The number of rotatable bonds is 9. The van der Waals surface area contributed by atoms with Crippen molar-refractivity contribution in [2.45, 2.75) is 36.9 Å². The highest BCUT2D eigenvalue weighted by Crippen LogP contribution is 2.18. The topological polar surface area (TPSA) is 106 Å². The molecule has 2 aromatic rings. The summed E-state index contributed by atoms with van der Waals surface area (Å²) in [4.78, 5) is 12.1. The molecular formula is C16H23N5O3S2. The number of carbonyl (C=O) groups excluding carboxylic acids is 1. The molecule has 0 aliphatic carbocycles. The third kappa shape index (κ3) is 5.82. The summed E-state index contributed by atoms with van der Waals surface area (Å²) in [5, 5.41) is 11.2. The van der Waals surface area contributed by atoms with Gasteiger partial charge in [-0.3, -0.25) is 4.79 Å². The summed E-state index contributed by atoms with van der Waals surface area (Å²) in [6, 6.07) is 6.80. The average molecular weight is 398 g/mol. The van der Waals surface area contributed by atoms with Crippen LogP contribution < -0.4 is 10.0 Å². The van der Waals surface area contributed by atoms with E-state index < -0.39 is 10.0 Å². The van der Waals surface area contributed by atoms with Gasteiger partial charge in [-0.05, 0) is 32.9 Å². The van der Waals surface area contributed by atoms with Crippen molar-refractivity contribution >= 4 is 27.7 Å². The van der Waals surface area contributed by atoms with Crippen molar-refractivity contribution in [3.8, 4) is 0 Å². The first-order chi connectivity index (χ1) is 12.3. The first-order valence-electron chi connectivity index (χ1n) is 8.15. The molecule has 0 saturated carbocycles. The van der Waals surface area contributed by atoms with Crippen LogP contribution >= 0.6 is 11.8 Å². The monoisotopic (exact) mass is 397 g/mol. The molecule has 142 valence electrons. The van der Waals surface area contributed by atoms with E-state index in [9.17, 15) is 13.2 Å². The van der Waals surface area contributed by atoms with Gasteiger partial charge in [0.15, 0.2) is 5.16 Å². The molecule has 0 fully saturated rings. The molecule has 2 N–H and O–H groups in total. The first-order valence-corrected chi connectivity index (χ1v) is 10.6. The second-order valence-electron chi connectivity index (χ2n) is 5.96. The van der Waals surface area contributed by atoms with Gasteiger partial charge in [-0.2, -0.15) is 0 Å². The van der Waals surface area contributed by atoms with E-state index in [1.165, 1.54) is 11.8 Å². The zero-order valence-corrected chi connectivity index (χ0v) is 16.6. The highest BCUT2D eigenvalue weighted by molar-refractivity contribution is 7.99. The number of thioether (sulfide) groups is 1. The van der Waals surface area contributed by atoms with Gasteiger partial charge >= 0.3 is 0 Å². The van der Waals surface area contributed by atoms with Gasteiger partial charge in [-0.1, -0.05) is 29.5 Å². The van der Waals surface area contributed by atoms with Gasteiger partial charge in [0, 0.05) is 19.1 Å². The van der Waals surface area contributed by atoms with Gasteiger partial charge in [-0.15, -0.1) is 10.2 Å². The van der Waals surface area contributed by atoms with Crippen LogP contribution in [0.15, 0.2) is 40.6 Å². The van der Waals surface area contributed by atoms with Crippen molar-refractivity contribution in [3.05, 3.63) is 36.2 Å². The maximum Gasteiger partial charge on any atom is 0.240 e. The summed E-state index contributed by atoms with van der Waals surface area (Å²) in [5.41, 5.74) is 0.988. The van der Waals surface area contributed by atoms with Gasteiger partial charge in [0.05, 0.1) is 10.6 Å². The van der Waals surface area contributed by atoms with Gasteiger partial charge in [-0.25, -0.2) is 13.1 Å². The van der Waals surface area contributed by atoms with E-state index in [0.29, 0.717) is 5.16 Å². The fraction of sp³-hybridized carbons (Fsp3) is 0.438. The van der Waals surface area contributed by atoms with Crippen LogP contribution in [0, 0.1) is 6.92 Å². The van der Waals surface area contributed by atoms with Crippen LogP contribution in [0.5, 0.6) is 0 Å². The third-order valence-corrected chi connectivity index (χ3v) is 5.93. The number of benzene rings is 1. The normalized spacial score (nSPS) is 11.7. The Morgan fingerprint density at radius 1 is 1.23 bits per heavy atom. The van der Waals surface area contributed by atoms with Crippen molar-refractivity contribution in [2.75, 3.05) is 18.8 Å². The van der Waals surface area contributed by atoms with E-state index in [0.717, 1.165) is 5.56 Å². The molecule has 0 bridgehead atoms. The molecule has 0 spiro atoms. The van der Waals surface area contributed by atoms with Gasteiger partial charge < -0.3 is 9.88 Å². The molecule has 0 unspecified atom stereocenters. The Labute approximate surface area is 157 Å². The maximum atomic E-state index is 12.1. The Hall–Kier alpha value is -1.91. The Morgan fingerprint density at radius 3 is 2.58 bits per heavy atom. The summed E-state index contributed by atoms with van der Waals surface area (Å²) in [5.74, 6) is -0.00121. The number of hydrogen-bond acceptors (Lipinski definition) is 6. The average Bonchev–Trinajstić information content (AvgIpc) is 3.06. The van der Waals surface area contributed by atoms with Crippen LogP contribution in [-0.4, -0.2) is 47.9 Å². The summed E-state index contributed by atoms with van der Waals surface area (Å²) in [6.07, 6.45) is 1.63. The lowest BCUT2D eigenvalue weighted by atomic mass is 10.2. The summed E-state index contributed by atoms with van der Waals surface area (Å²) >= 11 is 1.29. The van der Waals surface area contributed by atoms with Crippen LogP contribution in [0.25, 0.3) is 0 Å². The molecule has 10 heteroatoms. The van der Waals surface area contributed by atoms with E-state index >= 15 is 0 Å². The van der Waals surface area contributed by atoms with Gasteiger partial charge in [0.2, 0.25) is 15.9 Å². The molecule has 8 nitrogen and oxygen atoms in total. The minimum atomic E-state index is -3.57. The van der Waals surface area contributed by atoms with E-state index in [-0.39, 0.29) is 35.7 Å². The lowest BCUT2D eigenvalue weighted by molar-refractivity contribution is -0.118. The summed E-state index contributed by atoms with van der Waals surface area (Å²) < 4.78 is 28.6. The number of hydrogen-bond donors (Lipinski definition) is 2. The van der Waals surface area contributed by atoms with Gasteiger partial charge in [0.25, 0.3) is 0 Å². The number of sulfonamides is 1. The smallest absolute Gasteiger partial charge is 0.240 e. The number of carbonyl (C=O) groups is 1. The molecule has 0 radical (unpaired) electrons. The third-order valence-electron chi connectivity index (χ3n) is 3.50. The Balaban J connectivity index is 1.73. The van der Waals surface area contributed by atoms with Crippen molar-refractivity contribution < 1.29 is 13.2 Å². The molecule has 1 aromatic carbocycles. The van der Waals surface area contributed by atoms with Crippen molar-refractivity contribution in [1.82, 2.24) is 24.8 Å². The first kappa shape index (κ1) is 20.4. The molecule has 2 rings (SSSR count). The summed E-state index contributed by atoms with van der Waals surface area (Å²) in [6.45, 7) is 6.23. The van der Waals surface area contributed by atoms with Crippen molar-refractivity contribution in [1.29, 1.82) is 0 Å². The summed E-state index contributed by atoms with van der Waals surface area (Å²) in [7, 11) is -3.57. The second-order valence-corrected chi connectivity index (χ2v) is 8.67. The van der Waals surface area contributed by atoms with Crippen LogP contribution in [0.2, 0.25) is 0 Å². The highest BCUT2D eigenvalue weighted by atomic mass is 32.2. The molecule has 0 aliphatic heterocycles. The van der Waals surface area contributed by atoms with Crippen molar-refractivity contribution in [3.63, 3.8) is 0 Å². The number of nitrogens with one attached hydrogen (secondary N) is 2. The molecule has 0 aliphatic rings. The number of nitrogens with zero attached hydrogens (tertiary/aromatic N) is 3. The Bertz CT molecular complexity index is 832. The van der Waals surface area contributed by atoms with E-state index in [2.05, 4.69) is 20.2 Å². The predicted molar refractivity (Wildman–Crippen MR) is 101 cm³/mol. The molecular weight excluding hydrogens is 374 g/mol. The van der Waals surface area contributed by atoms with E-state index in [1.807, 2.05) is 25.3 Å². The standard InChI is InChI=1S/C16H23N5O3S2/c1-12(2)21-11-18-20-16(21)25-10-15(22)17-8-9-19-26(23,24)14-6-4-13(3)5-7-14/h4-7,11-12,19H,8-10H2,1-3H3,(H,17,22). The van der Waals surface area contributed by atoms with Crippen molar-refractivity contribution in [2.24, 2.45) is 0 Å². The molecule has 1 aromatic heterocycles. The Kier molecular flexibility index (Phi) is 7.18. The minimum absolute atomic E-state index is 0.120. The zero-order valence-electron chi connectivity index (χ0n) is 15.0. The largest absolute Gasteiger partial charge is 0.354 e. The molecule has 0 saturated heterocycles. The predicted octanol–water partition coefficient (Wildman–Crippen LogP) is 1.35. The van der Waals surface area contributed by atoms with Crippen LogP contribution in [-0.2, 0) is 14.8 Å². The van der Waals surface area contributed by atoms with E-state index in [1.54, 1.807) is 30.6 Å². The SMILES string of the molecule is Cc1ccc(S(=O)(=O)NCCNC(=O)CSc2nncn2C(C)C)cc1. The quantitative estimate of drug-likeness (QED) is 0.489. The number of amides is 1. The van der Waals surface area contributed by atoms with Crippen LogP contribution in [0.4, 0.5) is 0 Å². The second kappa shape index (κ2) is 9.15. The molecule has 26 heavy (non-hydrogen) atoms. The van der Waals surface area contributed by atoms with Crippen LogP contribution in [0.3, 0.4) is 0 Å². The highest BCUT2D eigenvalue weighted by Gasteiger charge is 2.13. The number of aromatic nitrogens is 3. The lowest BCUT2D eigenvalue weighted by Crippen LogP contribution is -2.35. The minimum Gasteiger partial charge on any atom is -0.354 e. The van der Waals surface area contributed by atoms with E-state index in [4.69, 9.17) is 0 Å². The fourth-order valence-corrected chi connectivity index (χ4v) is 3.96. The zero-order chi connectivity index (χ0) is 19.2. The van der Waals surface area contributed by atoms with Gasteiger partial charge in [0.1, 0.15) is 6.33 Å². The Morgan fingerprint density at radius 2 is 1.92 bits per heavy atom. The molecule has 1 heterocycles. The number of aryl methyl sites for hydroxylation is 1. The molecule has 1 amide bonds.